The van der Waals surface area contributed by atoms with E-state index in [-0.39, 0.29) is 11.7 Å². The molecule has 6 nitrogen and oxygen atoms in total. The number of aliphatic hydroxyl groups is 1. The second-order valence-electron chi connectivity index (χ2n) is 6.90. The maximum absolute atomic E-state index is 13.0. The number of amides is 1. The number of rotatable bonds is 5. The quantitative estimate of drug-likeness (QED) is 0.886. The predicted octanol–water partition coefficient (Wildman–Crippen LogP) is 1.27. The lowest BCUT2D eigenvalue weighted by molar-refractivity contribution is 0.0163. The number of likely N-dealkylation sites (N-methyl/N-ethyl adjacent to an activating group) is 1. The summed E-state index contributed by atoms with van der Waals surface area (Å²) in [5, 5.41) is 14.9. The van der Waals surface area contributed by atoms with Gasteiger partial charge >= 0.3 is 0 Å². The van der Waals surface area contributed by atoms with Crippen molar-refractivity contribution in [1.82, 2.24) is 19.6 Å². The average molecular weight is 346 g/mol. The van der Waals surface area contributed by atoms with Crippen molar-refractivity contribution in [2.24, 2.45) is 7.05 Å². The topological polar surface area (TPSA) is 61.6 Å². The number of nitrogens with zero attached hydrogens (tertiary/aromatic N) is 4. The Balaban J connectivity index is 1.57. The van der Waals surface area contributed by atoms with Gasteiger partial charge in [0.2, 0.25) is 0 Å². The second kappa shape index (κ2) is 6.93. The van der Waals surface area contributed by atoms with Crippen LogP contribution < -0.4 is 0 Å². The van der Waals surface area contributed by atoms with Gasteiger partial charge in [0.25, 0.3) is 5.91 Å². The van der Waals surface area contributed by atoms with E-state index >= 15 is 0 Å². The molecule has 1 aliphatic heterocycles. The minimum absolute atomic E-state index is 0.106. The first-order valence-electron chi connectivity index (χ1n) is 8.28. The van der Waals surface area contributed by atoms with Crippen LogP contribution >= 0.6 is 0 Å². The van der Waals surface area contributed by atoms with Crippen molar-refractivity contribution in [3.05, 3.63) is 53.6 Å². The molecule has 134 valence electrons. The molecule has 0 aliphatic carbocycles. The molecule has 1 unspecified atom stereocenters. The van der Waals surface area contributed by atoms with Crippen LogP contribution in [0.15, 0.2) is 36.7 Å². The number of likely N-dealkylation sites (tertiary alicyclic amines) is 1. The van der Waals surface area contributed by atoms with Gasteiger partial charge in [-0.1, -0.05) is 12.1 Å². The maximum atomic E-state index is 13.0. The molecular weight excluding hydrogens is 323 g/mol. The minimum atomic E-state index is -0.938. The van der Waals surface area contributed by atoms with E-state index in [2.05, 4.69) is 5.10 Å². The fraction of sp³-hybridized carbons (Fsp3) is 0.444. The van der Waals surface area contributed by atoms with Gasteiger partial charge in [0, 0.05) is 32.9 Å². The lowest BCUT2D eigenvalue weighted by Gasteiger charge is -2.29. The summed E-state index contributed by atoms with van der Waals surface area (Å²) < 4.78 is 14.6. The summed E-state index contributed by atoms with van der Waals surface area (Å²) in [5.74, 6) is -0.365. The summed E-state index contributed by atoms with van der Waals surface area (Å²) in [7, 11) is 3.68. The van der Waals surface area contributed by atoms with Gasteiger partial charge in [-0.25, -0.2) is 4.39 Å². The fourth-order valence-corrected chi connectivity index (χ4v) is 3.33. The van der Waals surface area contributed by atoms with Crippen molar-refractivity contribution in [2.75, 3.05) is 26.7 Å². The first-order chi connectivity index (χ1) is 11.8. The standard InChI is InChI=1S/C18H23FN4O2/c1-21(10-14-3-5-16(19)6-4-14)12-18(25)7-8-23(13-18)17(24)15-9-20-22(2)11-15/h3-6,9,11,25H,7-8,10,12-13H2,1-2H3. The van der Waals surface area contributed by atoms with Gasteiger partial charge in [0.05, 0.1) is 23.9 Å². The lowest BCUT2D eigenvalue weighted by Crippen LogP contribution is -2.44. The van der Waals surface area contributed by atoms with Crippen molar-refractivity contribution in [1.29, 1.82) is 0 Å². The third-order valence-corrected chi connectivity index (χ3v) is 4.50. The average Bonchev–Trinajstić information content (AvgIpc) is 3.15. The zero-order valence-electron chi connectivity index (χ0n) is 14.5. The van der Waals surface area contributed by atoms with Crippen LogP contribution in [0.25, 0.3) is 0 Å². The van der Waals surface area contributed by atoms with Crippen LogP contribution in [-0.4, -0.2) is 62.9 Å². The number of β-amino-alcohol motifs (C(OH)–C–C–N with tert-alkyl or cyclic N) is 1. The van der Waals surface area contributed by atoms with Gasteiger partial charge < -0.3 is 10.0 Å². The monoisotopic (exact) mass is 346 g/mol. The van der Waals surface area contributed by atoms with E-state index in [4.69, 9.17) is 0 Å². The number of carbonyl (C=O) groups excluding carboxylic acids is 1. The molecule has 1 amide bonds. The van der Waals surface area contributed by atoms with Crippen LogP contribution in [0.4, 0.5) is 4.39 Å². The molecule has 25 heavy (non-hydrogen) atoms. The van der Waals surface area contributed by atoms with Crippen molar-refractivity contribution in [3.8, 4) is 0 Å². The Labute approximate surface area is 146 Å². The smallest absolute Gasteiger partial charge is 0.257 e. The summed E-state index contributed by atoms with van der Waals surface area (Å²) in [6, 6.07) is 6.34. The van der Waals surface area contributed by atoms with Gasteiger partial charge in [-0.15, -0.1) is 0 Å². The number of aromatic nitrogens is 2. The summed E-state index contributed by atoms with van der Waals surface area (Å²) in [6.45, 7) is 1.88. The maximum Gasteiger partial charge on any atom is 0.257 e. The number of hydrogen-bond acceptors (Lipinski definition) is 4. The highest BCUT2D eigenvalue weighted by atomic mass is 19.1. The third kappa shape index (κ3) is 4.24. The zero-order chi connectivity index (χ0) is 18.0. The summed E-state index contributed by atoms with van der Waals surface area (Å²) >= 11 is 0. The lowest BCUT2D eigenvalue weighted by atomic mass is 10.0. The first-order valence-corrected chi connectivity index (χ1v) is 8.28. The van der Waals surface area contributed by atoms with Crippen LogP contribution in [0.3, 0.4) is 0 Å². The minimum Gasteiger partial charge on any atom is -0.387 e. The Morgan fingerprint density at radius 1 is 1.40 bits per heavy atom. The van der Waals surface area contributed by atoms with Crippen LogP contribution in [0.5, 0.6) is 0 Å². The van der Waals surface area contributed by atoms with Gasteiger partial charge in [-0.2, -0.15) is 5.10 Å². The second-order valence-corrected chi connectivity index (χ2v) is 6.90. The Kier molecular flexibility index (Phi) is 4.87. The van der Waals surface area contributed by atoms with E-state index in [1.165, 1.54) is 12.1 Å². The van der Waals surface area contributed by atoms with Crippen LogP contribution in [0.1, 0.15) is 22.3 Å². The Bertz CT molecular complexity index is 746. The van der Waals surface area contributed by atoms with Gasteiger partial charge in [0.1, 0.15) is 5.82 Å². The fourth-order valence-electron chi connectivity index (χ4n) is 3.33. The highest BCUT2D eigenvalue weighted by Gasteiger charge is 2.39. The van der Waals surface area contributed by atoms with Crippen LogP contribution in [0.2, 0.25) is 0 Å². The molecule has 1 atom stereocenters. The molecule has 2 aromatic rings. The molecule has 1 fully saturated rings. The van der Waals surface area contributed by atoms with Crippen LogP contribution in [0, 0.1) is 5.82 Å². The molecule has 0 radical (unpaired) electrons. The summed E-state index contributed by atoms with van der Waals surface area (Å²) in [6.07, 6.45) is 3.76. The van der Waals surface area contributed by atoms with Crippen LogP contribution in [-0.2, 0) is 13.6 Å². The van der Waals surface area contributed by atoms with Gasteiger partial charge in [0.15, 0.2) is 0 Å². The van der Waals surface area contributed by atoms with E-state index < -0.39 is 5.60 Å². The summed E-state index contributed by atoms with van der Waals surface area (Å²) in [4.78, 5) is 16.1. The summed E-state index contributed by atoms with van der Waals surface area (Å²) in [5.41, 5.74) is 0.576. The molecule has 0 saturated carbocycles. The Morgan fingerprint density at radius 3 is 2.76 bits per heavy atom. The number of aryl methyl sites for hydroxylation is 1. The van der Waals surface area contributed by atoms with E-state index in [9.17, 15) is 14.3 Å². The van der Waals surface area contributed by atoms with E-state index in [0.717, 1.165) is 5.56 Å². The first kappa shape index (κ1) is 17.6. The number of hydrogen-bond donors (Lipinski definition) is 1. The zero-order valence-corrected chi connectivity index (χ0v) is 14.5. The van der Waals surface area contributed by atoms with Gasteiger partial charge in [-0.05, 0) is 31.2 Å². The molecule has 1 aromatic heterocycles. The number of carbonyl (C=O) groups is 1. The number of benzene rings is 1. The van der Waals surface area contributed by atoms with Crippen molar-refractivity contribution >= 4 is 5.91 Å². The highest BCUT2D eigenvalue weighted by Crippen LogP contribution is 2.24. The van der Waals surface area contributed by atoms with Gasteiger partial charge in [-0.3, -0.25) is 14.4 Å². The van der Waals surface area contributed by atoms with Crippen molar-refractivity contribution in [3.63, 3.8) is 0 Å². The molecule has 1 N–H and O–H groups in total. The van der Waals surface area contributed by atoms with Crippen molar-refractivity contribution in [2.45, 2.75) is 18.6 Å². The molecule has 0 bridgehead atoms. The highest BCUT2D eigenvalue weighted by molar-refractivity contribution is 5.94. The Morgan fingerprint density at radius 2 is 2.12 bits per heavy atom. The molecular formula is C18H23FN4O2. The Hall–Kier alpha value is -2.25. The SMILES string of the molecule is CN(Cc1ccc(F)cc1)CC1(O)CCN(C(=O)c2cnn(C)c2)C1. The molecule has 7 heteroatoms. The molecule has 3 rings (SSSR count). The van der Waals surface area contributed by atoms with E-state index in [1.54, 1.807) is 41.2 Å². The third-order valence-electron chi connectivity index (χ3n) is 4.50. The number of halogens is 1. The van der Waals surface area contributed by atoms with E-state index in [0.29, 0.717) is 38.2 Å². The molecule has 1 aromatic carbocycles. The van der Waals surface area contributed by atoms with E-state index in [1.807, 2.05) is 11.9 Å². The normalized spacial score (nSPS) is 20.4. The van der Waals surface area contributed by atoms with Crippen molar-refractivity contribution < 1.29 is 14.3 Å². The predicted molar refractivity (Wildman–Crippen MR) is 91.4 cm³/mol. The molecule has 1 aliphatic rings. The molecule has 0 spiro atoms. The molecule has 1 saturated heterocycles. The largest absolute Gasteiger partial charge is 0.387 e. The molecule has 2 heterocycles.